The Morgan fingerprint density at radius 3 is 2.62 bits per heavy atom. The van der Waals surface area contributed by atoms with Crippen molar-refractivity contribution in [2.75, 3.05) is 19.7 Å². The van der Waals surface area contributed by atoms with Gasteiger partial charge in [0.25, 0.3) is 5.91 Å². The van der Waals surface area contributed by atoms with E-state index in [1.165, 1.54) is 5.56 Å². The lowest BCUT2D eigenvalue weighted by molar-refractivity contribution is 0.0646. The zero-order valence-electron chi connectivity index (χ0n) is 18.7. The molecule has 3 aromatic rings. The number of piperidine rings is 1. The van der Waals surface area contributed by atoms with Crippen molar-refractivity contribution >= 4 is 30.2 Å². The molecule has 0 aromatic heterocycles. The van der Waals surface area contributed by atoms with Crippen molar-refractivity contribution in [2.24, 2.45) is 5.73 Å². The highest BCUT2D eigenvalue weighted by atomic mass is 28.4. The van der Waals surface area contributed by atoms with E-state index in [9.17, 15) is 9.59 Å². The minimum atomic E-state index is -2.51. The molecule has 0 atom stereocenters. The van der Waals surface area contributed by atoms with Crippen molar-refractivity contribution in [1.82, 2.24) is 4.90 Å². The minimum Gasteiger partial charge on any atom is -0.492 e. The van der Waals surface area contributed by atoms with Gasteiger partial charge in [-0.2, -0.15) is 0 Å². The minimum absolute atomic E-state index is 0.0274. The number of nitrogens with zero attached hydrogens (tertiary/aromatic N) is 1. The largest absolute Gasteiger partial charge is 0.492 e. The SMILES string of the molecule is C[Si](C)(O)c1cccc2ccc(C(=O)N3CCC4(CC3)COc3ccc(CN)cc34)cc12. The standard InChI is InChI=1S/C26H30N2O3Si/c1-32(2,30)24-5-3-4-19-7-8-20(15-21(19)24)25(29)28-12-10-26(11-13-28)17-31-23-9-6-18(16-27)14-22(23)26/h3-9,14-15,30H,10-13,16-17,27H2,1-2H3. The molecule has 3 N–H and O–H groups in total. The summed E-state index contributed by atoms with van der Waals surface area (Å²) >= 11 is 0. The summed E-state index contributed by atoms with van der Waals surface area (Å²) in [4.78, 5) is 26.1. The molecule has 0 bridgehead atoms. The third kappa shape index (κ3) is 3.52. The first-order valence-electron chi connectivity index (χ1n) is 11.3. The molecule has 6 heteroatoms. The molecule has 0 unspecified atom stereocenters. The second-order valence-electron chi connectivity index (χ2n) is 9.70. The van der Waals surface area contributed by atoms with Gasteiger partial charge in [-0.15, -0.1) is 0 Å². The lowest BCUT2D eigenvalue weighted by Gasteiger charge is -2.38. The lowest BCUT2D eigenvalue weighted by Crippen LogP contribution is -2.46. The highest BCUT2D eigenvalue weighted by molar-refractivity contribution is 6.85. The number of likely N-dealkylation sites (tertiary alicyclic amines) is 1. The van der Waals surface area contributed by atoms with Crippen LogP contribution in [0.4, 0.5) is 0 Å². The summed E-state index contributed by atoms with van der Waals surface area (Å²) in [6.45, 7) is 6.43. The van der Waals surface area contributed by atoms with Crippen LogP contribution in [0.2, 0.25) is 13.1 Å². The Morgan fingerprint density at radius 1 is 1.12 bits per heavy atom. The maximum Gasteiger partial charge on any atom is 0.253 e. The van der Waals surface area contributed by atoms with Gasteiger partial charge < -0.3 is 20.2 Å². The van der Waals surface area contributed by atoms with Crippen LogP contribution >= 0.6 is 0 Å². The molecule has 0 aliphatic carbocycles. The van der Waals surface area contributed by atoms with Gasteiger partial charge in [0.2, 0.25) is 8.32 Å². The number of benzene rings is 3. The van der Waals surface area contributed by atoms with E-state index in [1.807, 2.05) is 66.5 Å². The van der Waals surface area contributed by atoms with Crippen molar-refractivity contribution in [3.8, 4) is 5.75 Å². The topological polar surface area (TPSA) is 75.8 Å². The molecular weight excluding hydrogens is 416 g/mol. The molecule has 5 rings (SSSR count). The first-order valence-corrected chi connectivity index (χ1v) is 14.3. The number of ether oxygens (including phenoxy) is 1. The Labute approximate surface area is 189 Å². The molecule has 1 spiro atoms. The molecule has 1 saturated heterocycles. The van der Waals surface area contributed by atoms with E-state index >= 15 is 0 Å². The zero-order valence-corrected chi connectivity index (χ0v) is 19.7. The van der Waals surface area contributed by atoms with Crippen molar-refractivity contribution in [3.05, 3.63) is 71.3 Å². The number of fused-ring (bicyclic) bond motifs is 3. The van der Waals surface area contributed by atoms with Gasteiger partial charge in [-0.3, -0.25) is 4.79 Å². The van der Waals surface area contributed by atoms with Gasteiger partial charge in [0.1, 0.15) is 5.75 Å². The van der Waals surface area contributed by atoms with Gasteiger partial charge >= 0.3 is 0 Å². The normalized spacial score (nSPS) is 17.4. The fourth-order valence-corrected chi connectivity index (χ4v) is 6.59. The summed E-state index contributed by atoms with van der Waals surface area (Å²) < 4.78 is 6.00. The molecule has 2 aliphatic heterocycles. The summed E-state index contributed by atoms with van der Waals surface area (Å²) in [6, 6.07) is 18.1. The van der Waals surface area contributed by atoms with Crippen LogP contribution in [-0.2, 0) is 12.0 Å². The number of carbonyl (C=O) groups is 1. The molecule has 32 heavy (non-hydrogen) atoms. The number of carbonyl (C=O) groups excluding carboxylic acids is 1. The Hall–Kier alpha value is -2.67. The van der Waals surface area contributed by atoms with Crippen molar-refractivity contribution in [3.63, 3.8) is 0 Å². The Balaban J connectivity index is 1.39. The average Bonchev–Trinajstić information content (AvgIpc) is 3.15. The molecular formula is C26H30N2O3Si. The number of amides is 1. The second-order valence-corrected chi connectivity index (χ2v) is 13.4. The Morgan fingerprint density at radius 2 is 1.91 bits per heavy atom. The highest BCUT2D eigenvalue weighted by Gasteiger charge is 2.44. The summed E-state index contributed by atoms with van der Waals surface area (Å²) in [6.07, 6.45) is 1.77. The van der Waals surface area contributed by atoms with Crippen LogP contribution in [0.25, 0.3) is 10.8 Å². The predicted octanol–water partition coefficient (Wildman–Crippen LogP) is 3.27. The quantitative estimate of drug-likeness (QED) is 0.606. The summed E-state index contributed by atoms with van der Waals surface area (Å²) in [5.41, 5.74) is 8.89. The van der Waals surface area contributed by atoms with E-state index in [0.717, 1.165) is 40.1 Å². The second kappa shape index (κ2) is 7.73. The first-order chi connectivity index (χ1) is 15.3. The smallest absolute Gasteiger partial charge is 0.253 e. The van der Waals surface area contributed by atoms with E-state index in [2.05, 4.69) is 6.07 Å². The van der Waals surface area contributed by atoms with Gasteiger partial charge in [-0.25, -0.2) is 0 Å². The number of hydrogen-bond donors (Lipinski definition) is 2. The molecule has 1 fully saturated rings. The molecule has 5 nitrogen and oxygen atoms in total. The molecule has 0 saturated carbocycles. The zero-order chi connectivity index (χ0) is 22.5. The van der Waals surface area contributed by atoms with Crippen molar-refractivity contribution in [1.29, 1.82) is 0 Å². The van der Waals surface area contributed by atoms with E-state index in [4.69, 9.17) is 10.5 Å². The number of rotatable bonds is 3. The van der Waals surface area contributed by atoms with E-state index < -0.39 is 8.32 Å². The van der Waals surface area contributed by atoms with Crippen LogP contribution in [0.15, 0.2) is 54.6 Å². The summed E-state index contributed by atoms with van der Waals surface area (Å²) in [5, 5.41) is 3.01. The number of hydrogen-bond acceptors (Lipinski definition) is 4. The van der Waals surface area contributed by atoms with E-state index in [-0.39, 0.29) is 11.3 Å². The molecule has 166 valence electrons. The summed E-state index contributed by atoms with van der Waals surface area (Å²) in [5.74, 6) is 1.02. The predicted molar refractivity (Wildman–Crippen MR) is 130 cm³/mol. The van der Waals surface area contributed by atoms with Crippen LogP contribution < -0.4 is 15.7 Å². The molecule has 2 aliphatic rings. The van der Waals surface area contributed by atoms with Crippen LogP contribution in [0.5, 0.6) is 5.75 Å². The lowest BCUT2D eigenvalue weighted by atomic mass is 9.74. The van der Waals surface area contributed by atoms with Crippen molar-refractivity contribution < 1.29 is 14.3 Å². The average molecular weight is 447 g/mol. The summed E-state index contributed by atoms with van der Waals surface area (Å²) in [7, 11) is -2.51. The van der Waals surface area contributed by atoms with Gasteiger partial charge in [0, 0.05) is 36.2 Å². The van der Waals surface area contributed by atoms with Crippen molar-refractivity contribution in [2.45, 2.75) is 37.9 Å². The van der Waals surface area contributed by atoms with Gasteiger partial charge in [-0.1, -0.05) is 36.4 Å². The maximum atomic E-state index is 13.4. The molecule has 1 amide bonds. The maximum absolute atomic E-state index is 13.4. The van der Waals surface area contributed by atoms with E-state index in [1.54, 1.807) is 0 Å². The Bertz CT molecular complexity index is 1190. The fourth-order valence-electron chi connectivity index (χ4n) is 5.21. The van der Waals surface area contributed by atoms with Gasteiger partial charge in [-0.05, 0) is 65.7 Å². The van der Waals surface area contributed by atoms with Gasteiger partial charge in [0.05, 0.1) is 6.61 Å². The number of nitrogens with two attached hydrogens (primary N) is 1. The molecule has 2 heterocycles. The Kier molecular flexibility index (Phi) is 5.12. The van der Waals surface area contributed by atoms with Crippen LogP contribution in [-0.4, -0.2) is 43.6 Å². The third-order valence-electron chi connectivity index (χ3n) is 7.15. The first kappa shape index (κ1) is 21.2. The van der Waals surface area contributed by atoms with Crippen LogP contribution in [0.3, 0.4) is 0 Å². The monoisotopic (exact) mass is 446 g/mol. The van der Waals surface area contributed by atoms with Gasteiger partial charge in [0.15, 0.2) is 0 Å². The fraction of sp³-hybridized carbons (Fsp3) is 0.346. The third-order valence-corrected chi connectivity index (χ3v) is 8.91. The van der Waals surface area contributed by atoms with Crippen LogP contribution in [0, 0.1) is 0 Å². The van der Waals surface area contributed by atoms with E-state index in [0.29, 0.717) is 31.8 Å². The highest BCUT2D eigenvalue weighted by Crippen LogP contribution is 2.46. The molecule has 0 radical (unpaired) electrons. The van der Waals surface area contributed by atoms with Crippen LogP contribution in [0.1, 0.15) is 34.3 Å². The molecule has 3 aromatic carbocycles.